The predicted octanol–water partition coefficient (Wildman–Crippen LogP) is 1.81. The minimum Gasteiger partial charge on any atom is -0.470 e. The Balaban J connectivity index is 1.67. The largest absolute Gasteiger partial charge is 0.470 e. The molecule has 1 aliphatic heterocycles. The molecule has 1 fully saturated rings. The molecule has 1 unspecified atom stereocenters. The SMILES string of the molecule is CCOc1ncc(CNCC2CCCO2)s1. The van der Waals surface area contributed by atoms with Gasteiger partial charge in [-0.15, -0.1) is 0 Å². The molecule has 2 heterocycles. The third-order valence-corrected chi connectivity index (χ3v) is 3.41. The average molecular weight is 242 g/mol. The van der Waals surface area contributed by atoms with Gasteiger partial charge in [-0.1, -0.05) is 11.3 Å². The van der Waals surface area contributed by atoms with Crippen molar-refractivity contribution >= 4 is 11.3 Å². The standard InChI is InChI=1S/C11H18N2O2S/c1-2-14-11-13-8-10(16-11)7-12-6-9-4-3-5-15-9/h8-9,12H,2-7H2,1H3. The Hall–Kier alpha value is -0.650. The van der Waals surface area contributed by atoms with Gasteiger partial charge in [0.05, 0.1) is 12.7 Å². The summed E-state index contributed by atoms with van der Waals surface area (Å²) >= 11 is 1.60. The normalized spacial score (nSPS) is 20.2. The predicted molar refractivity (Wildman–Crippen MR) is 64.0 cm³/mol. The van der Waals surface area contributed by atoms with Gasteiger partial charge in [0.2, 0.25) is 0 Å². The van der Waals surface area contributed by atoms with Crippen LogP contribution in [0.15, 0.2) is 6.20 Å². The van der Waals surface area contributed by atoms with Gasteiger partial charge >= 0.3 is 0 Å². The quantitative estimate of drug-likeness (QED) is 0.826. The fourth-order valence-corrected chi connectivity index (χ4v) is 2.51. The van der Waals surface area contributed by atoms with E-state index < -0.39 is 0 Å². The van der Waals surface area contributed by atoms with E-state index in [-0.39, 0.29) is 0 Å². The number of aromatic nitrogens is 1. The number of rotatable bonds is 6. The lowest BCUT2D eigenvalue weighted by atomic mass is 10.2. The highest BCUT2D eigenvalue weighted by Crippen LogP contribution is 2.20. The second kappa shape index (κ2) is 6.18. The van der Waals surface area contributed by atoms with Crippen molar-refractivity contribution in [1.82, 2.24) is 10.3 Å². The first-order valence-corrected chi connectivity index (χ1v) is 6.60. The lowest BCUT2D eigenvalue weighted by molar-refractivity contribution is 0.110. The van der Waals surface area contributed by atoms with E-state index in [0.29, 0.717) is 12.7 Å². The maximum atomic E-state index is 5.54. The Morgan fingerprint density at radius 3 is 3.38 bits per heavy atom. The van der Waals surface area contributed by atoms with Crippen molar-refractivity contribution in [3.05, 3.63) is 11.1 Å². The van der Waals surface area contributed by atoms with Crippen LogP contribution in [0, 0.1) is 0 Å². The van der Waals surface area contributed by atoms with Crippen LogP contribution in [0.1, 0.15) is 24.6 Å². The van der Waals surface area contributed by atoms with E-state index in [1.165, 1.54) is 17.7 Å². The summed E-state index contributed by atoms with van der Waals surface area (Å²) in [7, 11) is 0. The molecule has 0 spiro atoms. The van der Waals surface area contributed by atoms with Gasteiger partial charge in [-0.3, -0.25) is 0 Å². The first-order chi connectivity index (χ1) is 7.88. The summed E-state index contributed by atoms with van der Waals surface area (Å²) in [6.45, 7) is 5.35. The molecule has 1 aliphatic rings. The van der Waals surface area contributed by atoms with Crippen molar-refractivity contribution in [2.45, 2.75) is 32.4 Å². The molecule has 1 N–H and O–H groups in total. The van der Waals surface area contributed by atoms with E-state index in [1.807, 2.05) is 13.1 Å². The molecule has 5 heteroatoms. The Labute approximate surface area is 100.0 Å². The molecule has 1 atom stereocenters. The zero-order chi connectivity index (χ0) is 11.2. The highest BCUT2D eigenvalue weighted by Gasteiger charge is 2.14. The van der Waals surface area contributed by atoms with Crippen LogP contribution in [0.5, 0.6) is 5.19 Å². The van der Waals surface area contributed by atoms with E-state index in [9.17, 15) is 0 Å². The van der Waals surface area contributed by atoms with Crippen LogP contribution in [-0.2, 0) is 11.3 Å². The molecule has 90 valence electrons. The average Bonchev–Trinajstić information content (AvgIpc) is 2.90. The third-order valence-electron chi connectivity index (χ3n) is 2.50. The monoisotopic (exact) mass is 242 g/mol. The van der Waals surface area contributed by atoms with Crippen LogP contribution >= 0.6 is 11.3 Å². The van der Waals surface area contributed by atoms with Gasteiger partial charge in [-0.2, -0.15) is 0 Å². The Kier molecular flexibility index (Phi) is 4.56. The molecule has 0 saturated carbocycles. The fourth-order valence-electron chi connectivity index (χ4n) is 1.72. The van der Waals surface area contributed by atoms with Crippen molar-refractivity contribution in [2.24, 2.45) is 0 Å². The maximum Gasteiger partial charge on any atom is 0.273 e. The zero-order valence-electron chi connectivity index (χ0n) is 9.57. The molecule has 0 aliphatic carbocycles. The van der Waals surface area contributed by atoms with E-state index in [0.717, 1.165) is 24.9 Å². The molecule has 16 heavy (non-hydrogen) atoms. The summed E-state index contributed by atoms with van der Waals surface area (Å²) in [6.07, 6.45) is 4.65. The van der Waals surface area contributed by atoms with E-state index in [1.54, 1.807) is 11.3 Å². The zero-order valence-corrected chi connectivity index (χ0v) is 10.4. The van der Waals surface area contributed by atoms with Crippen LogP contribution < -0.4 is 10.1 Å². The first-order valence-electron chi connectivity index (χ1n) is 5.78. The Bertz CT molecular complexity index is 311. The van der Waals surface area contributed by atoms with Crippen LogP contribution in [0.3, 0.4) is 0 Å². The van der Waals surface area contributed by atoms with Crippen molar-refractivity contribution in [2.75, 3.05) is 19.8 Å². The molecule has 2 rings (SSSR count). The van der Waals surface area contributed by atoms with E-state index >= 15 is 0 Å². The molecule has 1 aromatic rings. The maximum absolute atomic E-state index is 5.54. The van der Waals surface area contributed by atoms with Gasteiger partial charge in [-0.25, -0.2) is 4.98 Å². The Morgan fingerprint density at radius 1 is 1.69 bits per heavy atom. The molecule has 0 aromatic carbocycles. The number of thiazole rings is 1. The highest BCUT2D eigenvalue weighted by molar-refractivity contribution is 7.13. The highest BCUT2D eigenvalue weighted by atomic mass is 32.1. The lowest BCUT2D eigenvalue weighted by Crippen LogP contribution is -2.25. The molecule has 0 amide bonds. The number of nitrogens with zero attached hydrogens (tertiary/aromatic N) is 1. The van der Waals surface area contributed by atoms with E-state index in [2.05, 4.69) is 10.3 Å². The lowest BCUT2D eigenvalue weighted by Gasteiger charge is -2.09. The summed E-state index contributed by atoms with van der Waals surface area (Å²) in [5, 5.41) is 4.15. The van der Waals surface area contributed by atoms with Crippen molar-refractivity contribution in [3.63, 3.8) is 0 Å². The second-order valence-corrected chi connectivity index (χ2v) is 4.87. The summed E-state index contributed by atoms with van der Waals surface area (Å²) < 4.78 is 10.9. The van der Waals surface area contributed by atoms with E-state index in [4.69, 9.17) is 9.47 Å². The molecule has 4 nitrogen and oxygen atoms in total. The Morgan fingerprint density at radius 2 is 2.62 bits per heavy atom. The van der Waals surface area contributed by atoms with Gasteiger partial charge in [0.25, 0.3) is 5.19 Å². The van der Waals surface area contributed by atoms with Crippen LogP contribution in [-0.4, -0.2) is 30.8 Å². The molecule has 1 saturated heterocycles. The minimum absolute atomic E-state index is 0.402. The second-order valence-electron chi connectivity index (χ2n) is 3.79. The topological polar surface area (TPSA) is 43.4 Å². The number of hydrogen-bond donors (Lipinski definition) is 1. The first kappa shape index (κ1) is 11.8. The molecule has 0 bridgehead atoms. The van der Waals surface area contributed by atoms with Gasteiger partial charge < -0.3 is 14.8 Å². The fraction of sp³-hybridized carbons (Fsp3) is 0.727. The third kappa shape index (κ3) is 3.43. The van der Waals surface area contributed by atoms with Gasteiger partial charge in [0.1, 0.15) is 0 Å². The number of hydrogen-bond acceptors (Lipinski definition) is 5. The summed E-state index contributed by atoms with van der Waals surface area (Å²) in [4.78, 5) is 5.39. The summed E-state index contributed by atoms with van der Waals surface area (Å²) in [6, 6.07) is 0. The van der Waals surface area contributed by atoms with Crippen LogP contribution in [0.2, 0.25) is 0 Å². The summed E-state index contributed by atoms with van der Waals surface area (Å²) in [5.41, 5.74) is 0. The number of ether oxygens (including phenoxy) is 2. The smallest absolute Gasteiger partial charge is 0.273 e. The molecule has 1 aromatic heterocycles. The molecule has 0 radical (unpaired) electrons. The van der Waals surface area contributed by atoms with Gasteiger partial charge in [0.15, 0.2) is 0 Å². The van der Waals surface area contributed by atoms with Crippen LogP contribution in [0.4, 0.5) is 0 Å². The van der Waals surface area contributed by atoms with Crippen LogP contribution in [0.25, 0.3) is 0 Å². The van der Waals surface area contributed by atoms with Crippen molar-refractivity contribution in [3.8, 4) is 5.19 Å². The molecular weight excluding hydrogens is 224 g/mol. The van der Waals surface area contributed by atoms with Crippen molar-refractivity contribution < 1.29 is 9.47 Å². The van der Waals surface area contributed by atoms with Crippen molar-refractivity contribution in [1.29, 1.82) is 0 Å². The van der Waals surface area contributed by atoms with Gasteiger partial charge in [-0.05, 0) is 19.8 Å². The minimum atomic E-state index is 0.402. The summed E-state index contributed by atoms with van der Waals surface area (Å²) in [5.74, 6) is 0. The van der Waals surface area contributed by atoms with Gasteiger partial charge in [0, 0.05) is 30.8 Å². The molecular formula is C11H18N2O2S. The number of nitrogens with one attached hydrogen (secondary N) is 1.